The quantitative estimate of drug-likeness (QED) is 0.448. The number of terminal acetylenes is 1. The molecule has 2 aromatic rings. The van der Waals surface area contributed by atoms with E-state index in [1.165, 1.54) is 15.5 Å². The van der Waals surface area contributed by atoms with Crippen LogP contribution in [0.4, 0.5) is 8.78 Å². The summed E-state index contributed by atoms with van der Waals surface area (Å²) < 4.78 is 28.6. The molecule has 0 bridgehead atoms. The van der Waals surface area contributed by atoms with E-state index >= 15 is 0 Å². The van der Waals surface area contributed by atoms with E-state index in [2.05, 4.69) is 5.92 Å². The van der Waals surface area contributed by atoms with Gasteiger partial charge in [0, 0.05) is 12.7 Å². The average Bonchev–Trinajstić information content (AvgIpc) is 3.45. The third kappa shape index (κ3) is 3.16. The standard InChI is InChI=1S/C22H21F2N3O3/c1-5-10-27(22(8-9-22)14-6-7-15(23)16(24)11-14)21(30)19(28)17-12(2)18(20(25)29)26(4)13(17)3/h1,6-7,11H,8-10H2,2-4H3,(H2,25,29). The second-order valence-electron chi connectivity index (χ2n) is 7.44. The fourth-order valence-electron chi connectivity index (χ4n) is 4.02. The Kier molecular flexibility index (Phi) is 5.25. The van der Waals surface area contributed by atoms with Crippen molar-refractivity contribution in [2.45, 2.75) is 32.2 Å². The molecule has 2 N–H and O–H groups in total. The number of aromatic nitrogens is 1. The molecule has 0 radical (unpaired) electrons. The number of Topliss-reactive ketones (excluding diaryl/α,β-unsaturated/α-hetero) is 1. The molecule has 156 valence electrons. The predicted molar refractivity (Wildman–Crippen MR) is 106 cm³/mol. The molecule has 1 fully saturated rings. The number of carbonyl (C=O) groups excluding carboxylic acids is 3. The van der Waals surface area contributed by atoms with Crippen molar-refractivity contribution in [1.29, 1.82) is 0 Å². The Hall–Kier alpha value is -3.47. The highest BCUT2D eigenvalue weighted by molar-refractivity contribution is 6.43. The van der Waals surface area contributed by atoms with Gasteiger partial charge in [0.1, 0.15) is 5.69 Å². The zero-order chi connectivity index (χ0) is 22.4. The summed E-state index contributed by atoms with van der Waals surface area (Å²) in [7, 11) is 1.58. The second kappa shape index (κ2) is 7.41. The molecule has 1 heterocycles. The highest BCUT2D eigenvalue weighted by Crippen LogP contribution is 2.51. The van der Waals surface area contributed by atoms with Crippen molar-refractivity contribution in [2.75, 3.05) is 6.54 Å². The van der Waals surface area contributed by atoms with Gasteiger partial charge in [-0.1, -0.05) is 12.0 Å². The third-order valence-electron chi connectivity index (χ3n) is 5.78. The lowest BCUT2D eigenvalue weighted by Crippen LogP contribution is -2.44. The van der Waals surface area contributed by atoms with Crippen LogP contribution in [0.2, 0.25) is 0 Å². The Morgan fingerprint density at radius 2 is 1.87 bits per heavy atom. The number of hydrogen-bond donors (Lipinski definition) is 1. The molecule has 1 saturated carbocycles. The lowest BCUT2D eigenvalue weighted by molar-refractivity contribution is -0.129. The lowest BCUT2D eigenvalue weighted by Gasteiger charge is -2.30. The van der Waals surface area contributed by atoms with Crippen molar-refractivity contribution in [3.8, 4) is 12.3 Å². The van der Waals surface area contributed by atoms with Crippen molar-refractivity contribution in [3.63, 3.8) is 0 Å². The summed E-state index contributed by atoms with van der Waals surface area (Å²) in [6, 6.07) is 3.39. The van der Waals surface area contributed by atoms with Gasteiger partial charge in [-0.25, -0.2) is 8.78 Å². The Balaban J connectivity index is 2.04. The van der Waals surface area contributed by atoms with Crippen LogP contribution in [0.1, 0.15) is 50.5 Å². The van der Waals surface area contributed by atoms with E-state index in [1.54, 1.807) is 20.9 Å². The maximum atomic E-state index is 13.8. The number of nitrogens with two attached hydrogens (primary N) is 1. The molecule has 1 aromatic heterocycles. The van der Waals surface area contributed by atoms with Gasteiger partial charge in [0.05, 0.1) is 17.6 Å². The first-order valence-corrected chi connectivity index (χ1v) is 9.27. The minimum atomic E-state index is -1.04. The van der Waals surface area contributed by atoms with E-state index in [0.717, 1.165) is 12.1 Å². The first kappa shape index (κ1) is 21.2. The molecular weight excluding hydrogens is 392 g/mol. The molecule has 6 nitrogen and oxygen atoms in total. The van der Waals surface area contributed by atoms with E-state index in [1.807, 2.05) is 0 Å². The van der Waals surface area contributed by atoms with Crippen LogP contribution in [0.15, 0.2) is 18.2 Å². The zero-order valence-corrected chi connectivity index (χ0v) is 16.9. The number of halogens is 2. The van der Waals surface area contributed by atoms with Gasteiger partial charge in [-0.15, -0.1) is 6.42 Å². The third-order valence-corrected chi connectivity index (χ3v) is 5.78. The van der Waals surface area contributed by atoms with Crippen LogP contribution in [-0.2, 0) is 17.4 Å². The van der Waals surface area contributed by atoms with E-state index in [9.17, 15) is 23.2 Å². The molecule has 0 spiro atoms. The van der Waals surface area contributed by atoms with Gasteiger partial charge in [-0.3, -0.25) is 14.4 Å². The van der Waals surface area contributed by atoms with Gasteiger partial charge in [-0.2, -0.15) is 0 Å². The van der Waals surface area contributed by atoms with Crippen molar-refractivity contribution >= 4 is 17.6 Å². The summed E-state index contributed by atoms with van der Waals surface area (Å²) in [5, 5.41) is 0. The van der Waals surface area contributed by atoms with Crippen LogP contribution in [-0.4, -0.2) is 33.6 Å². The van der Waals surface area contributed by atoms with E-state index < -0.39 is 34.8 Å². The summed E-state index contributed by atoms with van der Waals surface area (Å²) >= 11 is 0. The van der Waals surface area contributed by atoms with Crippen LogP contribution in [0.3, 0.4) is 0 Å². The maximum absolute atomic E-state index is 13.8. The number of rotatable bonds is 6. The summed E-state index contributed by atoms with van der Waals surface area (Å²) in [4.78, 5) is 39.4. The van der Waals surface area contributed by atoms with Gasteiger partial charge in [0.25, 0.3) is 17.6 Å². The van der Waals surface area contributed by atoms with Crippen LogP contribution >= 0.6 is 0 Å². The first-order valence-electron chi connectivity index (χ1n) is 9.27. The first-order chi connectivity index (χ1) is 14.1. The maximum Gasteiger partial charge on any atom is 0.296 e. The van der Waals surface area contributed by atoms with Gasteiger partial charge < -0.3 is 15.2 Å². The van der Waals surface area contributed by atoms with Gasteiger partial charge >= 0.3 is 0 Å². The Morgan fingerprint density at radius 1 is 1.23 bits per heavy atom. The molecule has 0 unspecified atom stereocenters. The molecule has 2 amide bonds. The minimum Gasteiger partial charge on any atom is -0.364 e. The molecule has 3 rings (SSSR count). The van der Waals surface area contributed by atoms with Gasteiger partial charge in [-0.05, 0) is 49.9 Å². The number of benzene rings is 1. The predicted octanol–water partition coefficient (Wildman–Crippen LogP) is 2.35. The van der Waals surface area contributed by atoms with E-state index in [0.29, 0.717) is 29.7 Å². The highest BCUT2D eigenvalue weighted by Gasteiger charge is 2.53. The molecule has 0 saturated heterocycles. The second-order valence-corrected chi connectivity index (χ2v) is 7.44. The molecule has 0 atom stereocenters. The SMILES string of the molecule is C#CCN(C(=O)C(=O)c1c(C)c(C(N)=O)n(C)c1C)C1(c2ccc(F)c(F)c2)CC1. The zero-order valence-electron chi connectivity index (χ0n) is 16.9. The Bertz CT molecular complexity index is 1120. The van der Waals surface area contributed by atoms with E-state index in [-0.39, 0.29) is 17.8 Å². The van der Waals surface area contributed by atoms with E-state index in [4.69, 9.17) is 12.2 Å². The lowest BCUT2D eigenvalue weighted by atomic mass is 9.99. The average molecular weight is 413 g/mol. The molecule has 1 aromatic carbocycles. The molecule has 30 heavy (non-hydrogen) atoms. The largest absolute Gasteiger partial charge is 0.364 e. The number of hydrogen-bond acceptors (Lipinski definition) is 3. The minimum absolute atomic E-state index is 0.0828. The summed E-state index contributed by atoms with van der Waals surface area (Å²) in [5.74, 6) is -2.11. The summed E-state index contributed by atoms with van der Waals surface area (Å²) in [5.41, 5.74) is 5.74. The van der Waals surface area contributed by atoms with Gasteiger partial charge in [0.2, 0.25) is 0 Å². The molecular formula is C22H21F2N3O3. The smallest absolute Gasteiger partial charge is 0.296 e. The fraction of sp³-hybridized carbons (Fsp3) is 0.318. The van der Waals surface area contributed by atoms with Gasteiger partial charge in [0.15, 0.2) is 11.6 Å². The Morgan fingerprint density at radius 3 is 2.33 bits per heavy atom. The molecule has 1 aliphatic carbocycles. The normalized spacial score (nSPS) is 14.1. The van der Waals surface area contributed by atoms with Crippen molar-refractivity contribution in [1.82, 2.24) is 9.47 Å². The van der Waals surface area contributed by atoms with Crippen molar-refractivity contribution in [2.24, 2.45) is 12.8 Å². The topological polar surface area (TPSA) is 85.4 Å². The number of ketones is 1. The van der Waals surface area contributed by atoms with Crippen LogP contribution < -0.4 is 5.73 Å². The van der Waals surface area contributed by atoms with Crippen molar-refractivity contribution < 1.29 is 23.2 Å². The molecule has 0 aliphatic heterocycles. The van der Waals surface area contributed by atoms with Crippen LogP contribution in [0, 0.1) is 37.8 Å². The fourth-order valence-corrected chi connectivity index (χ4v) is 4.02. The summed E-state index contributed by atoms with van der Waals surface area (Å²) in [6.45, 7) is 2.96. The number of amides is 2. The number of primary amides is 1. The number of nitrogens with zero attached hydrogens (tertiary/aromatic N) is 2. The van der Waals surface area contributed by atoms with Crippen LogP contribution in [0.25, 0.3) is 0 Å². The molecule has 1 aliphatic rings. The number of carbonyl (C=O) groups is 3. The molecule has 8 heteroatoms. The summed E-state index contributed by atoms with van der Waals surface area (Å²) in [6.07, 6.45) is 6.35. The van der Waals surface area contributed by atoms with Crippen molar-refractivity contribution in [3.05, 3.63) is 57.9 Å². The van der Waals surface area contributed by atoms with Crippen LogP contribution in [0.5, 0.6) is 0 Å². The monoisotopic (exact) mass is 413 g/mol. The Labute approximate surface area is 172 Å². The highest BCUT2D eigenvalue weighted by atomic mass is 19.2.